The number of benzene rings is 3. The van der Waals surface area contributed by atoms with Crippen LogP contribution in [0.25, 0.3) is 83.9 Å². The second-order valence-corrected chi connectivity index (χ2v) is 37.9. The summed E-state index contributed by atoms with van der Waals surface area (Å²) in [5.41, 5.74) is 32.7. The van der Waals surface area contributed by atoms with E-state index in [1.165, 1.54) is 27.7 Å². The van der Waals surface area contributed by atoms with Gasteiger partial charge >= 0.3 is 5.56 Å². The maximum atomic E-state index is 14.9. The highest BCUT2D eigenvalue weighted by molar-refractivity contribution is 6.39. The molecule has 4 amide bonds. The van der Waals surface area contributed by atoms with Crippen molar-refractivity contribution in [2.24, 2.45) is 0 Å². The van der Waals surface area contributed by atoms with Gasteiger partial charge in [-0.1, -0.05) is 131 Å². The van der Waals surface area contributed by atoms with Crippen molar-refractivity contribution in [3.8, 4) is 56.6 Å². The number of ether oxygens (including phenoxy) is 1. The van der Waals surface area contributed by atoms with E-state index in [1.54, 1.807) is 100 Å². The van der Waals surface area contributed by atoms with Crippen LogP contribution in [0, 0.1) is 20.8 Å². The summed E-state index contributed by atoms with van der Waals surface area (Å²) in [6.45, 7) is 37.8. The largest absolute Gasteiger partial charge is 0.486 e. The number of nitrogen functional groups attached to an aromatic ring is 3. The number of fused-ring (bicyclic) bond motifs is 15. The predicted molar refractivity (Wildman–Crippen MR) is 531 cm³/mol. The van der Waals surface area contributed by atoms with Gasteiger partial charge in [0.2, 0.25) is 23.5 Å². The Kier molecular flexibility index (Phi) is 25.8. The van der Waals surface area contributed by atoms with Gasteiger partial charge in [0, 0.05) is 144 Å². The summed E-state index contributed by atoms with van der Waals surface area (Å²) in [5.74, 6) is -0.497. The van der Waals surface area contributed by atoms with Crippen molar-refractivity contribution in [3.05, 3.63) is 248 Å². The van der Waals surface area contributed by atoms with Gasteiger partial charge in [-0.25, -0.2) is 15.0 Å². The molecule has 132 heavy (non-hydrogen) atoms. The van der Waals surface area contributed by atoms with Crippen molar-refractivity contribution >= 4 is 166 Å². The molecule has 3 fully saturated rings. The second kappa shape index (κ2) is 36.7. The minimum Gasteiger partial charge on any atom is -0.486 e. The molecule has 3 aromatic carbocycles. The fraction of sp³-hybridized carbons (Fsp3) is 0.323. The number of halogens is 6. The average molecular weight is 1900 g/mol. The van der Waals surface area contributed by atoms with Crippen LogP contribution in [0.3, 0.4) is 0 Å². The highest BCUT2D eigenvalue weighted by Gasteiger charge is 2.48. The Balaban J connectivity index is 0.000000144. The summed E-state index contributed by atoms with van der Waals surface area (Å²) < 4.78 is 11.2. The highest BCUT2D eigenvalue weighted by atomic mass is 35.5. The minimum atomic E-state index is -0.728. The van der Waals surface area contributed by atoms with Crippen LogP contribution in [0.4, 0.5) is 39.8 Å². The van der Waals surface area contributed by atoms with Gasteiger partial charge in [-0.3, -0.25) is 62.2 Å². The molecule has 12 aromatic rings. The van der Waals surface area contributed by atoms with Crippen LogP contribution in [0.5, 0.6) is 5.75 Å². The first-order valence-electron chi connectivity index (χ1n) is 43.8. The summed E-state index contributed by atoms with van der Waals surface area (Å²) in [5, 5.41) is 4.29. The number of hydrogen-bond donors (Lipinski definition) is 3. The molecule has 0 aliphatic carbocycles. The first-order chi connectivity index (χ1) is 62.9. The maximum absolute atomic E-state index is 14.9. The molecule has 33 heteroatoms. The molecule has 18 rings (SSSR count). The molecule has 6 unspecified atom stereocenters. The molecule has 3 saturated heterocycles. The van der Waals surface area contributed by atoms with Gasteiger partial charge in [-0.2, -0.15) is 0 Å². The molecule has 0 radical (unpaired) electrons. The number of nitrogens with zero attached hydrogens (tertiary/aromatic N) is 16. The first-order valence-corrected chi connectivity index (χ1v) is 46.0. The Morgan fingerprint density at radius 2 is 0.788 bits per heavy atom. The van der Waals surface area contributed by atoms with E-state index in [0.29, 0.717) is 195 Å². The van der Waals surface area contributed by atoms with Gasteiger partial charge < -0.3 is 56.2 Å². The van der Waals surface area contributed by atoms with Gasteiger partial charge in [0.05, 0.1) is 118 Å². The summed E-state index contributed by atoms with van der Waals surface area (Å²) >= 11 is 40.9. The van der Waals surface area contributed by atoms with Crippen LogP contribution in [0.1, 0.15) is 132 Å². The Bertz CT molecular complexity index is 7060. The van der Waals surface area contributed by atoms with E-state index < -0.39 is 11.6 Å². The number of anilines is 7. The lowest BCUT2D eigenvalue weighted by Crippen LogP contribution is -2.66. The first kappa shape index (κ1) is 92.9. The molecule has 682 valence electrons. The van der Waals surface area contributed by atoms with Crippen molar-refractivity contribution in [2.75, 3.05) is 89.7 Å². The Labute approximate surface area is 793 Å². The molecule has 9 aromatic heterocycles. The molecule has 0 spiro atoms. The number of piperazine rings is 3. The number of carbonyl (C=O) groups is 4. The Hall–Kier alpha value is -12.4. The lowest BCUT2D eigenvalue weighted by molar-refractivity contribution is -0.131. The predicted octanol–water partition coefficient (Wildman–Crippen LogP) is 17.8. The topological polar surface area (TPSA) is 322 Å². The zero-order chi connectivity index (χ0) is 94.7. The third kappa shape index (κ3) is 16.3. The molecule has 6 aliphatic heterocycles. The number of carbonyl (C=O) groups excluding carboxylic acids is 4. The quantitative estimate of drug-likeness (QED) is 0.0755. The molecule has 6 aliphatic rings. The van der Waals surface area contributed by atoms with Crippen LogP contribution in [0.2, 0.25) is 30.1 Å². The lowest BCUT2D eigenvalue weighted by atomic mass is 9.91. The number of nitrogens with two attached hydrogens (primary N) is 3. The molecule has 6 atom stereocenters. The van der Waals surface area contributed by atoms with Crippen LogP contribution in [-0.2, 0) is 25.6 Å². The normalized spacial score (nSPS) is 18.0. The van der Waals surface area contributed by atoms with Crippen molar-refractivity contribution in [1.82, 2.24) is 58.3 Å². The van der Waals surface area contributed by atoms with E-state index in [0.717, 1.165) is 51.3 Å². The number of rotatable bonds is 12. The number of aryl methyl sites for hydroxylation is 3. The van der Waals surface area contributed by atoms with Crippen LogP contribution in [-0.4, -0.2) is 171 Å². The Morgan fingerprint density at radius 1 is 0.432 bits per heavy atom. The van der Waals surface area contributed by atoms with Gasteiger partial charge in [0.15, 0.2) is 5.65 Å². The third-order valence-electron chi connectivity index (χ3n) is 25.8. The molecular formula is C99H101Cl6N19O8. The van der Waals surface area contributed by atoms with E-state index in [2.05, 4.69) is 53.4 Å². The van der Waals surface area contributed by atoms with E-state index in [1.807, 2.05) is 114 Å². The zero-order valence-electron chi connectivity index (χ0n) is 75.4. The van der Waals surface area contributed by atoms with E-state index in [-0.39, 0.29) is 101 Å². The van der Waals surface area contributed by atoms with E-state index >= 15 is 0 Å². The molecule has 0 bridgehead atoms. The molecule has 6 N–H and O–H groups in total. The number of likely N-dealkylation sites (N-methyl/N-ethyl adjacent to an activating group) is 1. The lowest BCUT2D eigenvalue weighted by Gasteiger charge is -2.49. The van der Waals surface area contributed by atoms with Gasteiger partial charge in [-0.05, 0) is 198 Å². The smallest absolute Gasteiger partial charge is 0.301 e. The van der Waals surface area contributed by atoms with E-state index in [4.69, 9.17) is 111 Å². The van der Waals surface area contributed by atoms with Crippen LogP contribution < -0.4 is 58.2 Å². The molecule has 15 heterocycles. The van der Waals surface area contributed by atoms with Crippen LogP contribution >= 0.6 is 69.6 Å². The summed E-state index contributed by atoms with van der Waals surface area (Å²) in [6.07, 6.45) is 11.1. The SMILES string of the molecule is C=CC(=O)N1CC2C(=O)N(C)c3c(c4cc(Cl)c(-c5cc(N)ccc5Cl)nc4n(-c4c(C)ccnc4C(C)C)c3=O)N2CC1C.C=CC(=O)N1CC2CCOc3c(c4cc(Cl)c(-c5cc(N)ccc5Cl)nc4n(-c4c(C)ccnc4C(C)C)c3=O)N2CC1C.C=CC(=O)N1CC2CCc3c(c4cc(Cl)c(-c5cc(N)ccc5Cl)nc4n(-c4c(C)ccnc4C(C)C)c3=O)N2CC1C. The summed E-state index contributed by atoms with van der Waals surface area (Å²) in [6, 6.07) is 25.2. The monoisotopic (exact) mass is 1890 g/mol. The molecular weight excluding hydrogens is 1800 g/mol. The minimum absolute atomic E-state index is 0.0161. The molecule has 0 saturated carbocycles. The highest BCUT2D eigenvalue weighted by Crippen LogP contribution is 2.50. The fourth-order valence-electron chi connectivity index (χ4n) is 19.4. The number of amides is 4. The van der Waals surface area contributed by atoms with Gasteiger partial charge in [0.1, 0.15) is 23.0 Å². The van der Waals surface area contributed by atoms with Crippen molar-refractivity contribution in [2.45, 2.75) is 156 Å². The maximum Gasteiger partial charge on any atom is 0.301 e. The van der Waals surface area contributed by atoms with Crippen molar-refractivity contribution in [1.29, 1.82) is 0 Å². The van der Waals surface area contributed by atoms with Gasteiger partial charge in [-0.15, -0.1) is 0 Å². The third-order valence-corrected chi connectivity index (χ3v) is 27.7. The van der Waals surface area contributed by atoms with Crippen molar-refractivity contribution in [3.63, 3.8) is 0 Å². The number of pyridine rings is 9. The van der Waals surface area contributed by atoms with Crippen LogP contribution in [0.15, 0.2) is 162 Å². The summed E-state index contributed by atoms with van der Waals surface area (Å²) in [4.78, 5) is 139. The van der Waals surface area contributed by atoms with E-state index in [9.17, 15) is 33.6 Å². The number of aromatic nitrogens is 9. The van der Waals surface area contributed by atoms with Gasteiger partial charge in [0.25, 0.3) is 17.0 Å². The summed E-state index contributed by atoms with van der Waals surface area (Å²) in [7, 11) is 1.59. The molecule has 27 nitrogen and oxygen atoms in total. The zero-order valence-corrected chi connectivity index (χ0v) is 80.0. The standard InChI is InChI=1S/C33H33Cl2N7O3.C33H34Cl2N6O3.C33H34Cl2N6O2/c1-7-25(43)40-15-24-32(44)39(6)30-29(41(24)14-18(40)5)21-13-23(35)27(20-12-19(36)8-9-22(20)34)38-31(21)42(33(30)45)28-17(4)10-11-37-26(28)16(2)3;1-6-26(42)39-16-21-10-12-44-31-30(40(21)15-19(39)5)23-14-25(35)28(22-13-20(36)7-8-24(22)34)38-32(23)41(33(31)43)29-18(4)9-11-37-27(29)17(2)3;1-6-27(42)39-16-21-8-9-22-31(40(21)15-19(39)5)24-14-26(35)29(23-13-20(36)7-10-25(23)34)38-32(24)41(33(22)43)30-18(4)11-12-37-28(30)17(2)3/h7-13,16,18,24H,1,14-15,36H2,2-6H3;6-9,11,13-14,17,19,21H,1,10,12,15-16,36H2,2-5H3;6-7,10-14,17,19,21H,1,8-9,15-16,36H2,2-5H3. The fourth-order valence-corrected chi connectivity index (χ4v) is 20.7. The average Bonchev–Trinajstić information content (AvgIpc) is 1.02. The van der Waals surface area contributed by atoms with Crippen molar-refractivity contribution < 1.29 is 23.9 Å². The Morgan fingerprint density at radius 3 is 1.19 bits per heavy atom. The second-order valence-electron chi connectivity index (χ2n) is 35.4. The number of hydrogen-bond acceptors (Lipinski definition) is 20.